The van der Waals surface area contributed by atoms with Crippen molar-refractivity contribution in [2.45, 2.75) is 13.1 Å². The van der Waals surface area contributed by atoms with Gasteiger partial charge in [-0.25, -0.2) is 4.39 Å². The molecule has 17 heavy (non-hydrogen) atoms. The Bertz CT molecular complexity index is 563. The third-order valence-corrected chi connectivity index (χ3v) is 2.93. The zero-order valence-electron chi connectivity index (χ0n) is 9.11. The molecule has 3 nitrogen and oxygen atoms in total. The standard InChI is InChI=1S/C13H11FN2O/c14-10-4-3-9-7-16(13(15)12(9)6-10)8-11-2-1-5-17-11/h1-6,15H,7-8H2. The van der Waals surface area contributed by atoms with Crippen LogP contribution in [-0.4, -0.2) is 10.7 Å². The molecule has 1 N–H and O–H groups in total. The number of amidine groups is 1. The molecule has 4 heteroatoms. The molecule has 0 amide bonds. The quantitative estimate of drug-likeness (QED) is 0.861. The van der Waals surface area contributed by atoms with Gasteiger partial charge >= 0.3 is 0 Å². The molecule has 86 valence electrons. The summed E-state index contributed by atoms with van der Waals surface area (Å²) in [4.78, 5) is 1.86. The number of halogens is 1. The average molecular weight is 230 g/mol. The normalized spacial score (nSPS) is 14.2. The fourth-order valence-corrected chi connectivity index (χ4v) is 2.09. The van der Waals surface area contributed by atoms with Crippen LogP contribution in [0, 0.1) is 11.2 Å². The van der Waals surface area contributed by atoms with Crippen molar-refractivity contribution >= 4 is 5.84 Å². The van der Waals surface area contributed by atoms with Crippen LogP contribution < -0.4 is 0 Å². The first kappa shape index (κ1) is 10.1. The molecule has 0 saturated carbocycles. The molecule has 0 unspecified atom stereocenters. The van der Waals surface area contributed by atoms with Crippen molar-refractivity contribution in [3.8, 4) is 0 Å². The van der Waals surface area contributed by atoms with Crippen LogP contribution in [0.4, 0.5) is 4.39 Å². The fourth-order valence-electron chi connectivity index (χ4n) is 2.09. The van der Waals surface area contributed by atoms with Crippen LogP contribution in [0.25, 0.3) is 0 Å². The summed E-state index contributed by atoms with van der Waals surface area (Å²) in [6.07, 6.45) is 1.61. The zero-order valence-corrected chi connectivity index (χ0v) is 9.11. The van der Waals surface area contributed by atoms with Crippen LogP contribution in [0.3, 0.4) is 0 Å². The largest absolute Gasteiger partial charge is 0.467 e. The van der Waals surface area contributed by atoms with Crippen LogP contribution in [-0.2, 0) is 13.1 Å². The van der Waals surface area contributed by atoms with Crippen molar-refractivity contribution in [3.63, 3.8) is 0 Å². The molecular formula is C13H11FN2O. The SMILES string of the molecule is N=C1c2cc(F)ccc2CN1Cc1ccco1. The maximum absolute atomic E-state index is 13.1. The Kier molecular flexibility index (Phi) is 2.21. The van der Waals surface area contributed by atoms with Crippen LogP contribution in [0.1, 0.15) is 16.9 Å². The molecule has 0 aliphatic carbocycles. The van der Waals surface area contributed by atoms with Gasteiger partial charge in [0.15, 0.2) is 0 Å². The first-order chi connectivity index (χ1) is 8.24. The van der Waals surface area contributed by atoms with Gasteiger partial charge in [0.05, 0.1) is 12.8 Å². The summed E-state index contributed by atoms with van der Waals surface area (Å²) in [7, 11) is 0. The number of nitrogens with one attached hydrogen (secondary N) is 1. The summed E-state index contributed by atoms with van der Waals surface area (Å²) in [5.41, 5.74) is 1.67. The van der Waals surface area contributed by atoms with Crippen LogP contribution in [0.5, 0.6) is 0 Å². The van der Waals surface area contributed by atoms with Crippen molar-refractivity contribution in [1.29, 1.82) is 5.41 Å². The highest BCUT2D eigenvalue weighted by Gasteiger charge is 2.24. The molecule has 2 heterocycles. The maximum Gasteiger partial charge on any atom is 0.129 e. The Balaban J connectivity index is 1.86. The van der Waals surface area contributed by atoms with E-state index in [1.807, 2.05) is 17.0 Å². The number of rotatable bonds is 2. The Hall–Kier alpha value is -2.10. The van der Waals surface area contributed by atoms with Gasteiger partial charge in [0, 0.05) is 12.1 Å². The highest BCUT2D eigenvalue weighted by atomic mass is 19.1. The number of hydrogen-bond acceptors (Lipinski definition) is 2. The summed E-state index contributed by atoms with van der Waals surface area (Å²) < 4.78 is 18.4. The lowest BCUT2D eigenvalue weighted by atomic mass is 10.1. The summed E-state index contributed by atoms with van der Waals surface area (Å²) in [6, 6.07) is 8.28. The first-order valence-corrected chi connectivity index (χ1v) is 5.39. The first-order valence-electron chi connectivity index (χ1n) is 5.39. The predicted octanol–water partition coefficient (Wildman–Crippen LogP) is 2.76. The molecular weight excluding hydrogens is 219 g/mol. The Labute approximate surface area is 98.0 Å². The smallest absolute Gasteiger partial charge is 0.129 e. The van der Waals surface area contributed by atoms with E-state index in [1.54, 1.807) is 12.3 Å². The van der Waals surface area contributed by atoms with E-state index in [2.05, 4.69) is 0 Å². The minimum atomic E-state index is -0.298. The molecule has 0 atom stereocenters. The molecule has 3 rings (SSSR count). The minimum absolute atomic E-state index is 0.298. The van der Waals surface area contributed by atoms with Gasteiger partial charge in [0.1, 0.15) is 17.4 Å². The second-order valence-electron chi connectivity index (χ2n) is 4.09. The fraction of sp³-hybridized carbons (Fsp3) is 0.154. The lowest BCUT2D eigenvalue weighted by Crippen LogP contribution is -2.22. The van der Waals surface area contributed by atoms with Gasteiger partial charge in [-0.2, -0.15) is 0 Å². The van der Waals surface area contributed by atoms with Gasteiger partial charge in [-0.15, -0.1) is 0 Å². The van der Waals surface area contributed by atoms with E-state index in [9.17, 15) is 4.39 Å². The summed E-state index contributed by atoms with van der Waals surface area (Å²) in [5.74, 6) is 0.868. The number of fused-ring (bicyclic) bond motifs is 1. The average Bonchev–Trinajstić information content (AvgIpc) is 2.91. The van der Waals surface area contributed by atoms with Crippen molar-refractivity contribution in [2.24, 2.45) is 0 Å². The van der Waals surface area contributed by atoms with E-state index in [0.29, 0.717) is 24.5 Å². The van der Waals surface area contributed by atoms with Crippen LogP contribution in [0.2, 0.25) is 0 Å². The van der Waals surface area contributed by atoms with Gasteiger partial charge in [-0.1, -0.05) is 6.07 Å². The van der Waals surface area contributed by atoms with Crippen molar-refractivity contribution in [3.05, 3.63) is 59.3 Å². The molecule has 2 aromatic rings. The molecule has 1 aromatic heterocycles. The zero-order chi connectivity index (χ0) is 11.8. The van der Waals surface area contributed by atoms with Gasteiger partial charge in [-0.05, 0) is 29.8 Å². The van der Waals surface area contributed by atoms with Gasteiger partial charge in [0.2, 0.25) is 0 Å². The second kappa shape index (κ2) is 3.73. The Morgan fingerprint density at radius 3 is 3.00 bits per heavy atom. The summed E-state index contributed by atoms with van der Waals surface area (Å²) in [6.45, 7) is 1.18. The van der Waals surface area contributed by atoms with Gasteiger partial charge in [-0.3, -0.25) is 5.41 Å². The van der Waals surface area contributed by atoms with Gasteiger partial charge in [0.25, 0.3) is 0 Å². The van der Waals surface area contributed by atoms with Crippen LogP contribution >= 0.6 is 0 Å². The minimum Gasteiger partial charge on any atom is -0.467 e. The van der Waals surface area contributed by atoms with E-state index in [0.717, 1.165) is 11.3 Å². The van der Waals surface area contributed by atoms with Gasteiger partial charge < -0.3 is 9.32 Å². The lowest BCUT2D eigenvalue weighted by Gasteiger charge is -2.15. The van der Waals surface area contributed by atoms with E-state index in [4.69, 9.17) is 9.83 Å². The van der Waals surface area contributed by atoms with Crippen LogP contribution in [0.15, 0.2) is 41.0 Å². The third kappa shape index (κ3) is 1.71. The highest BCUT2D eigenvalue weighted by molar-refractivity contribution is 6.00. The molecule has 1 aliphatic rings. The summed E-state index contributed by atoms with van der Waals surface area (Å²) >= 11 is 0. The lowest BCUT2D eigenvalue weighted by molar-refractivity contribution is 0.366. The second-order valence-corrected chi connectivity index (χ2v) is 4.09. The summed E-state index contributed by atoms with van der Waals surface area (Å²) in [5, 5.41) is 8.00. The van der Waals surface area contributed by atoms with E-state index in [-0.39, 0.29) is 5.82 Å². The van der Waals surface area contributed by atoms with E-state index >= 15 is 0 Å². The molecule has 1 aliphatic heterocycles. The number of benzene rings is 1. The molecule has 0 saturated heterocycles. The third-order valence-electron chi connectivity index (χ3n) is 2.93. The molecule has 0 spiro atoms. The maximum atomic E-state index is 13.1. The molecule has 0 radical (unpaired) electrons. The van der Waals surface area contributed by atoms with Crippen molar-refractivity contribution in [1.82, 2.24) is 4.90 Å². The molecule has 1 aromatic carbocycles. The topological polar surface area (TPSA) is 40.2 Å². The molecule has 0 fully saturated rings. The van der Waals surface area contributed by atoms with Crippen molar-refractivity contribution < 1.29 is 8.81 Å². The number of furan rings is 1. The monoisotopic (exact) mass is 230 g/mol. The van der Waals surface area contributed by atoms with E-state index < -0.39 is 0 Å². The Morgan fingerprint density at radius 1 is 1.35 bits per heavy atom. The van der Waals surface area contributed by atoms with E-state index in [1.165, 1.54) is 12.1 Å². The Morgan fingerprint density at radius 2 is 2.24 bits per heavy atom. The highest BCUT2D eigenvalue weighted by Crippen LogP contribution is 2.25. The van der Waals surface area contributed by atoms with Crippen molar-refractivity contribution in [2.75, 3.05) is 0 Å². The molecule has 0 bridgehead atoms. The number of hydrogen-bond donors (Lipinski definition) is 1. The predicted molar refractivity (Wildman–Crippen MR) is 61.2 cm³/mol. The number of nitrogens with zero attached hydrogens (tertiary/aromatic N) is 1.